The summed E-state index contributed by atoms with van der Waals surface area (Å²) >= 11 is 0. The van der Waals surface area contributed by atoms with Gasteiger partial charge in [-0.15, -0.1) is 0 Å². The van der Waals surface area contributed by atoms with Crippen LogP contribution in [0.25, 0.3) is 16.9 Å². The zero-order valence-corrected chi connectivity index (χ0v) is 7.66. The predicted octanol–water partition coefficient (Wildman–Crippen LogP) is 2.29. The van der Waals surface area contributed by atoms with Gasteiger partial charge in [0.15, 0.2) is 5.58 Å². The average Bonchev–Trinajstić information content (AvgIpc) is 2.58. The van der Waals surface area contributed by atoms with Gasteiger partial charge in [0.25, 0.3) is 0 Å². The first-order chi connectivity index (χ1) is 6.66. The van der Waals surface area contributed by atoms with Crippen molar-refractivity contribution in [3.8, 4) is 0 Å². The van der Waals surface area contributed by atoms with Gasteiger partial charge in [-0.25, -0.2) is 0 Å². The lowest BCUT2D eigenvalue weighted by Gasteiger charge is -2.00. The maximum atomic E-state index is 10.7. The number of fused-ring (bicyclic) bond motifs is 1. The summed E-state index contributed by atoms with van der Waals surface area (Å²) in [6.07, 6.45) is 1.58. The molecule has 0 aliphatic carbocycles. The first kappa shape index (κ1) is 8.62. The minimum absolute atomic E-state index is 0.295. The SMILES string of the molecule is C=C(OC(C)=O)c1cc2occc2[nH]1. The van der Waals surface area contributed by atoms with E-state index in [-0.39, 0.29) is 5.97 Å². The Balaban J connectivity index is 2.30. The molecular formula is C10H9NO3. The fraction of sp³-hybridized carbons (Fsp3) is 0.100. The molecule has 2 aromatic heterocycles. The molecule has 2 heterocycles. The summed E-state index contributed by atoms with van der Waals surface area (Å²) in [5, 5.41) is 0. The van der Waals surface area contributed by atoms with E-state index in [0.29, 0.717) is 17.0 Å². The van der Waals surface area contributed by atoms with E-state index in [4.69, 9.17) is 9.15 Å². The molecule has 0 aliphatic rings. The third-order valence-electron chi connectivity index (χ3n) is 1.81. The summed E-state index contributed by atoms with van der Waals surface area (Å²) in [4.78, 5) is 13.7. The third kappa shape index (κ3) is 1.42. The summed E-state index contributed by atoms with van der Waals surface area (Å²) in [6, 6.07) is 3.53. The van der Waals surface area contributed by atoms with Gasteiger partial charge >= 0.3 is 5.97 Å². The van der Waals surface area contributed by atoms with Gasteiger partial charge < -0.3 is 14.1 Å². The van der Waals surface area contributed by atoms with Crippen LogP contribution in [0.5, 0.6) is 0 Å². The largest absolute Gasteiger partial charge is 0.463 e. The molecule has 0 radical (unpaired) electrons. The number of aromatic nitrogens is 1. The maximum absolute atomic E-state index is 10.7. The van der Waals surface area contributed by atoms with Crippen molar-refractivity contribution in [2.24, 2.45) is 0 Å². The van der Waals surface area contributed by atoms with Crippen LogP contribution in [0.3, 0.4) is 0 Å². The summed E-state index contributed by atoms with van der Waals surface area (Å²) in [5.74, 6) is -0.0925. The lowest BCUT2D eigenvalue weighted by Crippen LogP contribution is -1.97. The lowest BCUT2D eigenvalue weighted by molar-refractivity contribution is -0.134. The van der Waals surface area contributed by atoms with E-state index in [2.05, 4.69) is 11.6 Å². The standard InChI is InChI=1S/C10H9NO3/c1-6(14-7(2)12)9-5-10-8(11-9)3-4-13-10/h3-5,11H,1H2,2H3. The monoisotopic (exact) mass is 191 g/mol. The van der Waals surface area contributed by atoms with Crippen molar-refractivity contribution in [3.63, 3.8) is 0 Å². The highest BCUT2D eigenvalue weighted by molar-refractivity contribution is 5.81. The number of nitrogens with one attached hydrogen (secondary N) is 1. The fourth-order valence-electron chi connectivity index (χ4n) is 1.23. The smallest absolute Gasteiger partial charge is 0.308 e. The molecular weight excluding hydrogens is 182 g/mol. The highest BCUT2D eigenvalue weighted by atomic mass is 16.5. The van der Waals surface area contributed by atoms with Crippen LogP contribution in [0.2, 0.25) is 0 Å². The Kier molecular flexibility index (Phi) is 1.89. The number of furan rings is 1. The number of aromatic amines is 1. The molecule has 0 amide bonds. The van der Waals surface area contributed by atoms with E-state index < -0.39 is 0 Å². The van der Waals surface area contributed by atoms with Crippen LogP contribution in [0, 0.1) is 0 Å². The molecule has 0 spiro atoms. The number of esters is 1. The van der Waals surface area contributed by atoms with E-state index >= 15 is 0 Å². The van der Waals surface area contributed by atoms with E-state index in [1.165, 1.54) is 6.92 Å². The molecule has 0 aliphatic heterocycles. The van der Waals surface area contributed by atoms with Gasteiger partial charge in [-0.3, -0.25) is 4.79 Å². The molecule has 2 rings (SSSR count). The van der Waals surface area contributed by atoms with Crippen LogP contribution in [-0.2, 0) is 9.53 Å². The Bertz CT molecular complexity index is 464. The van der Waals surface area contributed by atoms with Gasteiger partial charge in [0.05, 0.1) is 17.5 Å². The molecule has 0 fully saturated rings. The summed E-state index contributed by atoms with van der Waals surface area (Å²) in [6.45, 7) is 4.96. The Hall–Kier alpha value is -1.97. The van der Waals surface area contributed by atoms with Gasteiger partial charge in [0.1, 0.15) is 5.76 Å². The van der Waals surface area contributed by atoms with Gasteiger partial charge in [0, 0.05) is 19.1 Å². The lowest BCUT2D eigenvalue weighted by atomic mass is 10.4. The van der Waals surface area contributed by atoms with Crippen LogP contribution in [0.4, 0.5) is 0 Å². The molecule has 72 valence electrons. The number of carbonyl (C=O) groups excluding carboxylic acids is 1. The quantitative estimate of drug-likeness (QED) is 0.585. The summed E-state index contributed by atoms with van der Waals surface area (Å²) in [5.41, 5.74) is 2.22. The molecule has 1 N–H and O–H groups in total. The molecule has 4 nitrogen and oxygen atoms in total. The van der Waals surface area contributed by atoms with E-state index in [9.17, 15) is 4.79 Å². The van der Waals surface area contributed by atoms with Gasteiger partial charge in [0.2, 0.25) is 0 Å². The minimum atomic E-state index is -0.388. The molecule has 14 heavy (non-hydrogen) atoms. The van der Waals surface area contributed by atoms with Crippen molar-refractivity contribution < 1.29 is 13.9 Å². The Morgan fingerprint density at radius 1 is 1.64 bits per heavy atom. The van der Waals surface area contributed by atoms with Crippen molar-refractivity contribution >= 4 is 22.8 Å². The van der Waals surface area contributed by atoms with Crippen LogP contribution >= 0.6 is 0 Å². The number of hydrogen-bond acceptors (Lipinski definition) is 3. The van der Waals surface area contributed by atoms with Crippen molar-refractivity contribution in [2.45, 2.75) is 6.92 Å². The van der Waals surface area contributed by atoms with Gasteiger partial charge in [-0.1, -0.05) is 6.58 Å². The number of ether oxygens (including phenoxy) is 1. The van der Waals surface area contributed by atoms with Gasteiger partial charge in [-0.05, 0) is 0 Å². The summed E-state index contributed by atoms with van der Waals surface area (Å²) in [7, 11) is 0. The third-order valence-corrected chi connectivity index (χ3v) is 1.81. The van der Waals surface area contributed by atoms with Crippen LogP contribution < -0.4 is 0 Å². The highest BCUT2D eigenvalue weighted by Gasteiger charge is 2.08. The number of hydrogen-bond donors (Lipinski definition) is 1. The maximum Gasteiger partial charge on any atom is 0.308 e. The van der Waals surface area contributed by atoms with Crippen LogP contribution in [0.15, 0.2) is 29.4 Å². The number of rotatable bonds is 2. The average molecular weight is 191 g/mol. The summed E-state index contributed by atoms with van der Waals surface area (Å²) < 4.78 is 9.97. The normalized spacial score (nSPS) is 10.4. The first-order valence-electron chi connectivity index (χ1n) is 4.11. The predicted molar refractivity (Wildman–Crippen MR) is 51.4 cm³/mol. The van der Waals surface area contributed by atoms with Crippen LogP contribution in [0.1, 0.15) is 12.6 Å². The van der Waals surface area contributed by atoms with Gasteiger partial charge in [-0.2, -0.15) is 0 Å². The second-order valence-corrected chi connectivity index (χ2v) is 2.90. The molecule has 0 saturated heterocycles. The Morgan fingerprint density at radius 2 is 2.43 bits per heavy atom. The van der Waals surface area contributed by atoms with Crippen molar-refractivity contribution in [2.75, 3.05) is 0 Å². The van der Waals surface area contributed by atoms with Crippen molar-refractivity contribution in [1.29, 1.82) is 0 Å². The second-order valence-electron chi connectivity index (χ2n) is 2.90. The highest BCUT2D eigenvalue weighted by Crippen LogP contribution is 2.21. The number of carbonyl (C=O) groups is 1. The Morgan fingerprint density at radius 3 is 3.07 bits per heavy atom. The molecule has 0 aromatic carbocycles. The molecule has 2 aromatic rings. The zero-order valence-electron chi connectivity index (χ0n) is 7.66. The van der Waals surface area contributed by atoms with Crippen molar-refractivity contribution in [1.82, 2.24) is 4.98 Å². The molecule has 4 heteroatoms. The zero-order chi connectivity index (χ0) is 10.1. The molecule has 0 unspecified atom stereocenters. The fourth-order valence-corrected chi connectivity index (χ4v) is 1.23. The van der Waals surface area contributed by atoms with E-state index in [1.807, 2.05) is 0 Å². The first-order valence-corrected chi connectivity index (χ1v) is 4.11. The minimum Gasteiger partial charge on any atom is -0.463 e. The van der Waals surface area contributed by atoms with Crippen molar-refractivity contribution in [3.05, 3.63) is 30.7 Å². The number of H-pyrrole nitrogens is 1. The van der Waals surface area contributed by atoms with E-state index in [1.54, 1.807) is 18.4 Å². The molecule has 0 bridgehead atoms. The van der Waals surface area contributed by atoms with E-state index in [0.717, 1.165) is 5.52 Å². The molecule has 0 atom stereocenters. The van der Waals surface area contributed by atoms with Crippen LogP contribution in [-0.4, -0.2) is 11.0 Å². The topological polar surface area (TPSA) is 55.2 Å². The molecule has 0 saturated carbocycles. The second kappa shape index (κ2) is 3.06. The Labute approximate surface area is 80.2 Å².